The molecule has 3 aliphatic rings. The average molecular weight is 136 g/mol. The molecule has 10 heavy (non-hydrogen) atoms. The monoisotopic (exact) mass is 136 g/mol. The smallest absolute Gasteiger partial charge is 0.142 e. The van der Waals surface area contributed by atoms with Crippen LogP contribution in [0, 0.1) is 17.3 Å². The Morgan fingerprint density at radius 2 is 2.10 bits per heavy atom. The molecule has 2 atom stereocenters. The zero-order chi connectivity index (χ0) is 6.77. The molecule has 0 unspecified atom stereocenters. The van der Waals surface area contributed by atoms with Crippen molar-refractivity contribution in [2.24, 2.45) is 17.3 Å². The quantitative estimate of drug-likeness (QED) is 0.496. The SMILES string of the molecule is O=C1[C@@H]2C[C@@H]2CCC12CC2. The van der Waals surface area contributed by atoms with Gasteiger partial charge in [0, 0.05) is 11.3 Å². The zero-order valence-corrected chi connectivity index (χ0v) is 6.10. The third-order valence-corrected chi connectivity index (χ3v) is 3.63. The second kappa shape index (κ2) is 1.32. The number of ketones is 1. The summed E-state index contributed by atoms with van der Waals surface area (Å²) in [4.78, 5) is 11.6. The summed E-state index contributed by atoms with van der Waals surface area (Å²) in [6.45, 7) is 0. The third-order valence-electron chi connectivity index (χ3n) is 3.63. The molecule has 0 aliphatic heterocycles. The molecule has 0 heterocycles. The van der Waals surface area contributed by atoms with Gasteiger partial charge >= 0.3 is 0 Å². The molecular formula is C9H12O. The van der Waals surface area contributed by atoms with E-state index in [0.717, 1.165) is 5.92 Å². The van der Waals surface area contributed by atoms with Gasteiger partial charge in [0.15, 0.2) is 0 Å². The minimum atomic E-state index is 0.262. The maximum absolute atomic E-state index is 11.6. The molecule has 0 aromatic rings. The molecule has 3 saturated carbocycles. The number of hydrogen-bond acceptors (Lipinski definition) is 1. The van der Waals surface area contributed by atoms with E-state index in [1.807, 2.05) is 0 Å². The van der Waals surface area contributed by atoms with Crippen molar-refractivity contribution in [2.45, 2.75) is 32.1 Å². The lowest BCUT2D eigenvalue weighted by Gasteiger charge is -2.17. The summed E-state index contributed by atoms with van der Waals surface area (Å²) in [6.07, 6.45) is 6.26. The molecule has 1 nitrogen and oxygen atoms in total. The Morgan fingerprint density at radius 1 is 1.30 bits per heavy atom. The number of rotatable bonds is 0. The fourth-order valence-corrected chi connectivity index (χ4v) is 2.51. The van der Waals surface area contributed by atoms with E-state index in [9.17, 15) is 4.79 Å². The number of carbonyl (C=O) groups excluding carboxylic acids is 1. The van der Waals surface area contributed by atoms with Crippen molar-refractivity contribution in [2.75, 3.05) is 0 Å². The highest BCUT2D eigenvalue weighted by Gasteiger charge is 2.60. The molecule has 0 N–H and O–H groups in total. The normalized spacial score (nSPS) is 47.0. The largest absolute Gasteiger partial charge is 0.299 e. The molecule has 1 heteroatoms. The second-order valence-electron chi connectivity index (χ2n) is 4.29. The predicted octanol–water partition coefficient (Wildman–Crippen LogP) is 1.77. The van der Waals surface area contributed by atoms with Gasteiger partial charge in [-0.3, -0.25) is 4.79 Å². The van der Waals surface area contributed by atoms with Gasteiger partial charge in [-0.15, -0.1) is 0 Å². The molecule has 0 aromatic heterocycles. The lowest BCUT2D eigenvalue weighted by Crippen LogP contribution is -2.22. The Bertz CT molecular complexity index is 203. The Hall–Kier alpha value is -0.330. The molecule has 0 amide bonds. The molecule has 0 radical (unpaired) electrons. The molecule has 54 valence electrons. The Balaban J connectivity index is 1.93. The first-order chi connectivity index (χ1) is 4.82. The van der Waals surface area contributed by atoms with Gasteiger partial charge in [0.1, 0.15) is 5.78 Å². The van der Waals surface area contributed by atoms with Gasteiger partial charge in [0.25, 0.3) is 0 Å². The molecule has 3 fully saturated rings. The first kappa shape index (κ1) is 5.34. The standard InChI is InChI=1S/C9H12O/c10-8-7-5-6(7)1-2-9(8)3-4-9/h6-7H,1-5H2/t6-,7+/m0/s1. The molecule has 1 spiro atoms. The predicted molar refractivity (Wildman–Crippen MR) is 37.5 cm³/mol. The second-order valence-corrected chi connectivity index (χ2v) is 4.29. The first-order valence-corrected chi connectivity index (χ1v) is 4.36. The van der Waals surface area contributed by atoms with Crippen LogP contribution in [0.15, 0.2) is 0 Å². The van der Waals surface area contributed by atoms with Gasteiger partial charge in [-0.1, -0.05) is 0 Å². The average Bonchev–Trinajstić information content (AvgIpc) is 2.80. The van der Waals surface area contributed by atoms with Crippen molar-refractivity contribution in [3.63, 3.8) is 0 Å². The maximum Gasteiger partial charge on any atom is 0.142 e. The van der Waals surface area contributed by atoms with E-state index in [2.05, 4.69) is 0 Å². The maximum atomic E-state index is 11.6. The van der Waals surface area contributed by atoms with Gasteiger partial charge in [-0.25, -0.2) is 0 Å². The molecule has 3 rings (SSSR count). The van der Waals surface area contributed by atoms with Gasteiger partial charge in [-0.2, -0.15) is 0 Å². The number of hydrogen-bond donors (Lipinski definition) is 0. The summed E-state index contributed by atoms with van der Waals surface area (Å²) in [7, 11) is 0. The summed E-state index contributed by atoms with van der Waals surface area (Å²) in [6, 6.07) is 0. The summed E-state index contributed by atoms with van der Waals surface area (Å²) in [5, 5.41) is 0. The highest BCUT2D eigenvalue weighted by atomic mass is 16.1. The van der Waals surface area contributed by atoms with Crippen molar-refractivity contribution in [1.29, 1.82) is 0 Å². The molecular weight excluding hydrogens is 124 g/mol. The topological polar surface area (TPSA) is 17.1 Å². The fraction of sp³-hybridized carbons (Fsp3) is 0.889. The van der Waals surface area contributed by atoms with Gasteiger partial charge in [0.05, 0.1) is 0 Å². The summed E-state index contributed by atoms with van der Waals surface area (Å²) in [5.74, 6) is 2.01. The number of carbonyl (C=O) groups is 1. The van der Waals surface area contributed by atoms with Crippen molar-refractivity contribution in [3.8, 4) is 0 Å². The van der Waals surface area contributed by atoms with E-state index in [4.69, 9.17) is 0 Å². The summed E-state index contributed by atoms with van der Waals surface area (Å²) < 4.78 is 0. The van der Waals surface area contributed by atoms with E-state index in [-0.39, 0.29) is 5.41 Å². The van der Waals surface area contributed by atoms with E-state index in [0.29, 0.717) is 11.7 Å². The van der Waals surface area contributed by atoms with Crippen LogP contribution in [0.2, 0.25) is 0 Å². The number of fused-ring (bicyclic) bond motifs is 1. The van der Waals surface area contributed by atoms with Crippen molar-refractivity contribution >= 4 is 5.78 Å². The van der Waals surface area contributed by atoms with E-state index >= 15 is 0 Å². The van der Waals surface area contributed by atoms with Crippen LogP contribution in [-0.4, -0.2) is 5.78 Å². The summed E-state index contributed by atoms with van der Waals surface area (Å²) in [5.41, 5.74) is 0.262. The Morgan fingerprint density at radius 3 is 2.80 bits per heavy atom. The first-order valence-electron chi connectivity index (χ1n) is 4.36. The molecule has 0 bridgehead atoms. The highest BCUT2D eigenvalue weighted by molar-refractivity contribution is 5.92. The number of Topliss-reactive ketones (excluding diaryl/α,β-unsaturated/α-hetero) is 1. The van der Waals surface area contributed by atoms with Crippen molar-refractivity contribution in [1.82, 2.24) is 0 Å². The van der Waals surface area contributed by atoms with E-state index in [1.165, 1.54) is 32.1 Å². The summed E-state index contributed by atoms with van der Waals surface area (Å²) >= 11 is 0. The third kappa shape index (κ3) is 0.480. The van der Waals surface area contributed by atoms with Gasteiger partial charge < -0.3 is 0 Å². The van der Waals surface area contributed by atoms with E-state index < -0.39 is 0 Å². The lowest BCUT2D eigenvalue weighted by atomic mass is 9.85. The van der Waals surface area contributed by atoms with Gasteiger partial charge in [0.2, 0.25) is 0 Å². The van der Waals surface area contributed by atoms with Crippen LogP contribution >= 0.6 is 0 Å². The van der Waals surface area contributed by atoms with Crippen LogP contribution in [0.25, 0.3) is 0 Å². The Labute approximate surface area is 60.8 Å². The molecule has 0 saturated heterocycles. The van der Waals surface area contributed by atoms with Crippen LogP contribution in [0.5, 0.6) is 0 Å². The van der Waals surface area contributed by atoms with Crippen LogP contribution in [0.4, 0.5) is 0 Å². The zero-order valence-electron chi connectivity index (χ0n) is 6.10. The molecule has 3 aliphatic carbocycles. The van der Waals surface area contributed by atoms with Crippen molar-refractivity contribution in [3.05, 3.63) is 0 Å². The Kier molecular flexibility index (Phi) is 0.704. The van der Waals surface area contributed by atoms with Crippen LogP contribution < -0.4 is 0 Å². The highest BCUT2D eigenvalue weighted by Crippen LogP contribution is 2.62. The lowest BCUT2D eigenvalue weighted by molar-refractivity contribution is -0.127. The minimum Gasteiger partial charge on any atom is -0.299 e. The van der Waals surface area contributed by atoms with Crippen LogP contribution in [0.3, 0.4) is 0 Å². The van der Waals surface area contributed by atoms with Crippen LogP contribution in [-0.2, 0) is 4.79 Å². The molecule has 0 aromatic carbocycles. The van der Waals surface area contributed by atoms with Crippen molar-refractivity contribution < 1.29 is 4.79 Å². The minimum absolute atomic E-state index is 0.262. The van der Waals surface area contributed by atoms with E-state index in [1.54, 1.807) is 0 Å². The van der Waals surface area contributed by atoms with Crippen LogP contribution in [0.1, 0.15) is 32.1 Å². The van der Waals surface area contributed by atoms with Gasteiger partial charge in [-0.05, 0) is 38.0 Å². The fourth-order valence-electron chi connectivity index (χ4n) is 2.51.